The van der Waals surface area contributed by atoms with Gasteiger partial charge in [0, 0.05) is 5.88 Å². The molecule has 0 spiro atoms. The number of nitriles is 1. The zero-order chi connectivity index (χ0) is 10.7. The summed E-state index contributed by atoms with van der Waals surface area (Å²) in [4.78, 5) is 11.5. The zero-order valence-corrected chi connectivity index (χ0v) is 9.20. The van der Waals surface area contributed by atoms with E-state index in [0.717, 1.165) is 0 Å². The summed E-state index contributed by atoms with van der Waals surface area (Å²) < 4.78 is 0. The summed E-state index contributed by atoms with van der Waals surface area (Å²) in [5.41, 5.74) is -1.46. The van der Waals surface area contributed by atoms with Crippen LogP contribution in [0, 0.1) is 16.7 Å². The molecule has 4 heteroatoms. The van der Waals surface area contributed by atoms with Gasteiger partial charge in [-0.3, -0.25) is 4.79 Å². The molecular formula is C9H15ClN2O. The van der Waals surface area contributed by atoms with Gasteiger partial charge in [0.1, 0.15) is 5.54 Å². The van der Waals surface area contributed by atoms with E-state index in [1.54, 1.807) is 27.7 Å². The number of rotatable bonds is 3. The van der Waals surface area contributed by atoms with Crippen LogP contribution in [0.1, 0.15) is 27.7 Å². The summed E-state index contributed by atoms with van der Waals surface area (Å²) >= 11 is 5.62. The smallest absolute Gasteiger partial charge is 0.228 e. The quantitative estimate of drug-likeness (QED) is 0.708. The molecule has 0 saturated heterocycles. The van der Waals surface area contributed by atoms with E-state index in [4.69, 9.17) is 16.9 Å². The maximum atomic E-state index is 11.5. The van der Waals surface area contributed by atoms with Gasteiger partial charge < -0.3 is 5.32 Å². The predicted octanol–water partition coefficient (Wildman–Crippen LogP) is 1.67. The maximum Gasteiger partial charge on any atom is 0.228 e. The molecule has 0 bridgehead atoms. The molecule has 0 aliphatic rings. The highest BCUT2D eigenvalue weighted by Gasteiger charge is 2.30. The molecule has 0 saturated carbocycles. The van der Waals surface area contributed by atoms with Gasteiger partial charge in [0.05, 0.1) is 11.5 Å². The number of carbonyl (C=O) groups excluding carboxylic acids is 1. The second-order valence-electron chi connectivity index (χ2n) is 4.21. The van der Waals surface area contributed by atoms with Gasteiger partial charge in [-0.05, 0) is 27.7 Å². The number of nitrogens with zero attached hydrogens (tertiary/aromatic N) is 1. The van der Waals surface area contributed by atoms with E-state index < -0.39 is 11.0 Å². The van der Waals surface area contributed by atoms with Crippen molar-refractivity contribution in [2.75, 3.05) is 5.88 Å². The lowest BCUT2D eigenvalue weighted by Crippen LogP contribution is -2.48. The van der Waals surface area contributed by atoms with E-state index in [0.29, 0.717) is 0 Å². The van der Waals surface area contributed by atoms with Gasteiger partial charge in [-0.1, -0.05) is 0 Å². The van der Waals surface area contributed by atoms with Crippen LogP contribution in [0.5, 0.6) is 0 Å². The van der Waals surface area contributed by atoms with Crippen molar-refractivity contribution in [1.29, 1.82) is 5.26 Å². The lowest BCUT2D eigenvalue weighted by atomic mass is 9.93. The number of amides is 1. The Bertz CT molecular complexity index is 240. The zero-order valence-electron chi connectivity index (χ0n) is 8.44. The van der Waals surface area contributed by atoms with Crippen LogP contribution in [0.3, 0.4) is 0 Å². The number of carbonyl (C=O) groups is 1. The third-order valence-corrected chi connectivity index (χ3v) is 2.32. The first-order valence-electron chi connectivity index (χ1n) is 4.05. The molecule has 0 aromatic heterocycles. The van der Waals surface area contributed by atoms with Crippen molar-refractivity contribution in [3.05, 3.63) is 0 Å². The van der Waals surface area contributed by atoms with E-state index in [9.17, 15) is 4.79 Å². The molecule has 0 aromatic rings. The van der Waals surface area contributed by atoms with E-state index in [2.05, 4.69) is 5.32 Å². The molecule has 0 heterocycles. The van der Waals surface area contributed by atoms with Crippen molar-refractivity contribution in [2.45, 2.75) is 33.2 Å². The third kappa shape index (κ3) is 3.65. The minimum Gasteiger partial charge on any atom is -0.338 e. The normalized spacial score (nSPS) is 12.0. The fourth-order valence-electron chi connectivity index (χ4n) is 0.542. The topological polar surface area (TPSA) is 52.9 Å². The summed E-state index contributed by atoms with van der Waals surface area (Å²) in [6, 6.07) is 1.99. The number of hydrogen-bond donors (Lipinski definition) is 1. The van der Waals surface area contributed by atoms with Crippen LogP contribution in [0.2, 0.25) is 0 Å². The molecule has 0 atom stereocenters. The second-order valence-corrected chi connectivity index (χ2v) is 4.48. The SMILES string of the molecule is CC(C)(C#N)NC(=O)C(C)(C)CCl. The average molecular weight is 203 g/mol. The Hall–Kier alpha value is -0.750. The first kappa shape index (κ1) is 12.2. The summed E-state index contributed by atoms with van der Waals surface area (Å²) in [5.74, 6) is 0.0365. The van der Waals surface area contributed by atoms with E-state index >= 15 is 0 Å². The molecule has 0 rings (SSSR count). The van der Waals surface area contributed by atoms with E-state index in [1.165, 1.54) is 0 Å². The number of nitrogens with one attached hydrogen (secondary N) is 1. The first-order chi connectivity index (χ1) is 5.75. The Labute approximate surface area is 84.1 Å². The number of halogens is 1. The van der Waals surface area contributed by atoms with Crippen molar-refractivity contribution >= 4 is 17.5 Å². The monoisotopic (exact) mass is 202 g/mol. The standard InChI is InChI=1S/C9H15ClN2O/c1-8(2,5-10)7(13)12-9(3,4)6-11/h5H2,1-4H3,(H,12,13). The lowest BCUT2D eigenvalue weighted by Gasteiger charge is -2.25. The Morgan fingerprint density at radius 3 is 2.23 bits per heavy atom. The highest BCUT2D eigenvalue weighted by molar-refractivity contribution is 6.19. The maximum absolute atomic E-state index is 11.5. The molecule has 0 fully saturated rings. The molecule has 1 N–H and O–H groups in total. The van der Waals surface area contributed by atoms with E-state index in [1.807, 2.05) is 6.07 Å². The van der Waals surface area contributed by atoms with Crippen LogP contribution in [0.25, 0.3) is 0 Å². The molecule has 0 aromatic carbocycles. The summed E-state index contributed by atoms with van der Waals surface area (Å²) in [7, 11) is 0. The van der Waals surface area contributed by atoms with Gasteiger partial charge in [0.2, 0.25) is 5.91 Å². The first-order valence-corrected chi connectivity index (χ1v) is 4.58. The minimum atomic E-state index is -0.833. The van der Waals surface area contributed by atoms with Crippen LogP contribution in [0.15, 0.2) is 0 Å². The van der Waals surface area contributed by atoms with Crippen LogP contribution in [-0.4, -0.2) is 17.3 Å². The molecule has 0 aliphatic carbocycles. The van der Waals surface area contributed by atoms with Crippen molar-refractivity contribution < 1.29 is 4.79 Å². The number of hydrogen-bond acceptors (Lipinski definition) is 2. The lowest BCUT2D eigenvalue weighted by molar-refractivity contribution is -0.129. The van der Waals surface area contributed by atoms with Gasteiger partial charge in [0.25, 0.3) is 0 Å². The number of alkyl halides is 1. The molecular weight excluding hydrogens is 188 g/mol. The highest BCUT2D eigenvalue weighted by atomic mass is 35.5. The van der Waals surface area contributed by atoms with Crippen molar-refractivity contribution in [3.63, 3.8) is 0 Å². The summed E-state index contributed by atoms with van der Waals surface area (Å²) in [5, 5.41) is 11.3. The molecule has 0 unspecified atom stereocenters. The third-order valence-electron chi connectivity index (χ3n) is 1.65. The van der Waals surface area contributed by atoms with Crippen molar-refractivity contribution in [2.24, 2.45) is 5.41 Å². The van der Waals surface area contributed by atoms with Gasteiger partial charge in [0.15, 0.2) is 0 Å². The van der Waals surface area contributed by atoms with Crippen LogP contribution in [0.4, 0.5) is 0 Å². The summed E-state index contributed by atoms with van der Waals surface area (Å²) in [6.45, 7) is 6.77. The van der Waals surface area contributed by atoms with E-state index in [-0.39, 0.29) is 11.8 Å². The largest absolute Gasteiger partial charge is 0.338 e. The van der Waals surface area contributed by atoms with Crippen molar-refractivity contribution in [3.8, 4) is 6.07 Å². The fraction of sp³-hybridized carbons (Fsp3) is 0.778. The average Bonchev–Trinajstić information content (AvgIpc) is 2.04. The Morgan fingerprint density at radius 2 is 1.92 bits per heavy atom. The second kappa shape index (κ2) is 3.97. The Kier molecular flexibility index (Phi) is 3.74. The summed E-state index contributed by atoms with van der Waals surface area (Å²) in [6.07, 6.45) is 0. The minimum absolute atomic E-state index is 0.200. The molecule has 74 valence electrons. The predicted molar refractivity (Wildman–Crippen MR) is 52.3 cm³/mol. The molecule has 1 amide bonds. The van der Waals surface area contributed by atoms with Gasteiger partial charge >= 0.3 is 0 Å². The van der Waals surface area contributed by atoms with Gasteiger partial charge in [-0.2, -0.15) is 5.26 Å². The highest BCUT2D eigenvalue weighted by Crippen LogP contribution is 2.18. The fourth-order valence-corrected chi connectivity index (χ4v) is 0.663. The Morgan fingerprint density at radius 1 is 1.46 bits per heavy atom. The molecule has 0 radical (unpaired) electrons. The van der Waals surface area contributed by atoms with Crippen LogP contribution >= 0.6 is 11.6 Å². The van der Waals surface area contributed by atoms with Crippen molar-refractivity contribution in [1.82, 2.24) is 5.32 Å². The van der Waals surface area contributed by atoms with Crippen LogP contribution in [-0.2, 0) is 4.79 Å². The van der Waals surface area contributed by atoms with Crippen LogP contribution < -0.4 is 5.32 Å². The Balaban J connectivity index is 4.43. The van der Waals surface area contributed by atoms with Gasteiger partial charge in [-0.15, -0.1) is 11.6 Å². The molecule has 13 heavy (non-hydrogen) atoms. The molecule has 3 nitrogen and oxygen atoms in total. The van der Waals surface area contributed by atoms with Gasteiger partial charge in [-0.25, -0.2) is 0 Å². The molecule has 0 aliphatic heterocycles.